The summed E-state index contributed by atoms with van der Waals surface area (Å²) in [6.07, 6.45) is 3.56. The number of nitrogens with one attached hydrogen (secondary N) is 1. The molecule has 4 rings (SSSR count). The van der Waals surface area contributed by atoms with E-state index in [9.17, 15) is 13.2 Å². The Bertz CT molecular complexity index is 1080. The molecule has 1 unspecified atom stereocenters. The first kappa shape index (κ1) is 18.8. The van der Waals surface area contributed by atoms with Gasteiger partial charge < -0.3 is 5.32 Å². The Balaban J connectivity index is 1.58. The van der Waals surface area contributed by atoms with Gasteiger partial charge in [-0.15, -0.1) is 11.3 Å². The van der Waals surface area contributed by atoms with E-state index >= 15 is 0 Å². The van der Waals surface area contributed by atoms with E-state index in [0.29, 0.717) is 28.8 Å². The quantitative estimate of drug-likeness (QED) is 0.623. The lowest BCUT2D eigenvalue weighted by atomic mass is 10.0. The van der Waals surface area contributed by atoms with Crippen LogP contribution in [0.3, 0.4) is 0 Å². The number of anilines is 1. The topological polar surface area (TPSA) is 92.3 Å². The fourth-order valence-electron chi connectivity index (χ4n) is 3.03. The van der Waals surface area contributed by atoms with E-state index in [1.807, 2.05) is 0 Å². The smallest absolute Gasteiger partial charge is 0.253 e. The molecule has 0 radical (unpaired) electrons. The molecular formula is C16H15ClN4O3S3. The van der Waals surface area contributed by atoms with Crippen molar-refractivity contribution >= 4 is 65.6 Å². The summed E-state index contributed by atoms with van der Waals surface area (Å²) in [5, 5.41) is 5.23. The van der Waals surface area contributed by atoms with Crippen molar-refractivity contribution in [2.45, 2.75) is 29.5 Å². The third-order valence-corrected chi connectivity index (χ3v) is 8.71. The maximum absolute atomic E-state index is 12.9. The molecule has 1 aliphatic heterocycles. The molecule has 1 amide bonds. The third-order valence-electron chi connectivity index (χ3n) is 4.29. The number of aromatic nitrogens is 2. The van der Waals surface area contributed by atoms with Crippen LogP contribution in [0.25, 0.3) is 10.2 Å². The zero-order valence-corrected chi connectivity index (χ0v) is 17.2. The van der Waals surface area contributed by atoms with Gasteiger partial charge in [-0.2, -0.15) is 4.31 Å². The second-order valence-corrected chi connectivity index (χ2v) is 10.5. The minimum Gasteiger partial charge on any atom is -0.301 e. The lowest BCUT2D eigenvalue weighted by Crippen LogP contribution is -2.49. The van der Waals surface area contributed by atoms with Gasteiger partial charge in [-0.05, 0) is 30.4 Å². The van der Waals surface area contributed by atoms with Crippen molar-refractivity contribution in [1.82, 2.24) is 14.3 Å². The summed E-state index contributed by atoms with van der Waals surface area (Å²) >= 11 is 8.31. The first-order valence-corrected chi connectivity index (χ1v) is 11.7. The van der Waals surface area contributed by atoms with Gasteiger partial charge in [-0.1, -0.05) is 35.4 Å². The lowest BCUT2D eigenvalue weighted by Gasteiger charge is -2.32. The van der Waals surface area contributed by atoms with Crippen molar-refractivity contribution in [2.75, 3.05) is 11.9 Å². The standard InChI is InChI=1S/C16H15ClN4O3S3/c17-13-8-12-10(9-18-13)19-16(26-12)20-15(22)11-4-1-2-6-21(11)27(23,24)14-5-3-7-25-14/h3,5,7-9,11H,1-2,4,6H2,(H,19,20,22). The highest BCUT2D eigenvalue weighted by Gasteiger charge is 2.38. The highest BCUT2D eigenvalue weighted by molar-refractivity contribution is 7.91. The summed E-state index contributed by atoms with van der Waals surface area (Å²) < 4.78 is 28.2. The molecular weight excluding hydrogens is 428 g/mol. The van der Waals surface area contributed by atoms with Crippen LogP contribution >= 0.6 is 34.3 Å². The molecule has 142 valence electrons. The molecule has 0 spiro atoms. The molecule has 1 N–H and O–H groups in total. The Hall–Kier alpha value is -1.59. The SMILES string of the molecule is O=C(Nc1nc2cnc(Cl)cc2s1)C1CCCCN1S(=O)(=O)c1cccs1. The molecule has 0 aromatic carbocycles. The largest absolute Gasteiger partial charge is 0.301 e. The van der Waals surface area contributed by atoms with Crippen molar-refractivity contribution in [1.29, 1.82) is 0 Å². The van der Waals surface area contributed by atoms with Crippen LogP contribution in [0, 0.1) is 0 Å². The number of hydrogen-bond acceptors (Lipinski definition) is 7. The van der Waals surface area contributed by atoms with Gasteiger partial charge in [0.2, 0.25) is 5.91 Å². The van der Waals surface area contributed by atoms with E-state index in [2.05, 4.69) is 15.3 Å². The summed E-state index contributed by atoms with van der Waals surface area (Å²) in [4.78, 5) is 21.1. The number of thiazole rings is 1. The Kier molecular flexibility index (Phi) is 5.17. The summed E-state index contributed by atoms with van der Waals surface area (Å²) in [7, 11) is -3.69. The van der Waals surface area contributed by atoms with E-state index in [4.69, 9.17) is 11.6 Å². The van der Waals surface area contributed by atoms with Crippen molar-refractivity contribution in [2.24, 2.45) is 0 Å². The molecule has 3 aromatic heterocycles. The lowest BCUT2D eigenvalue weighted by molar-refractivity contribution is -0.120. The minimum atomic E-state index is -3.69. The maximum atomic E-state index is 12.9. The van der Waals surface area contributed by atoms with Gasteiger partial charge in [0.15, 0.2) is 5.13 Å². The fourth-order valence-corrected chi connectivity index (χ4v) is 6.91. The number of carbonyl (C=O) groups excluding carboxylic acids is 1. The number of halogens is 1. The number of sulfonamides is 1. The predicted molar refractivity (Wildman–Crippen MR) is 107 cm³/mol. The molecule has 7 nitrogen and oxygen atoms in total. The Morgan fingerprint density at radius 3 is 3.00 bits per heavy atom. The number of thiophene rings is 1. The number of amides is 1. The maximum Gasteiger partial charge on any atom is 0.253 e. The third kappa shape index (κ3) is 3.72. The second kappa shape index (κ2) is 7.44. The first-order valence-electron chi connectivity index (χ1n) is 8.23. The van der Waals surface area contributed by atoms with Crippen LogP contribution in [-0.2, 0) is 14.8 Å². The zero-order valence-electron chi connectivity index (χ0n) is 14.0. The van der Waals surface area contributed by atoms with Crippen LogP contribution in [0.1, 0.15) is 19.3 Å². The van der Waals surface area contributed by atoms with Gasteiger partial charge in [0.1, 0.15) is 20.9 Å². The van der Waals surface area contributed by atoms with Crippen molar-refractivity contribution < 1.29 is 13.2 Å². The summed E-state index contributed by atoms with van der Waals surface area (Å²) in [6, 6.07) is 4.18. The average molecular weight is 443 g/mol. The number of piperidine rings is 1. The number of nitrogens with zero attached hydrogens (tertiary/aromatic N) is 3. The molecule has 4 heterocycles. The van der Waals surface area contributed by atoms with E-state index in [1.54, 1.807) is 23.6 Å². The van der Waals surface area contributed by atoms with Crippen molar-refractivity contribution in [3.8, 4) is 0 Å². The van der Waals surface area contributed by atoms with E-state index in [0.717, 1.165) is 28.9 Å². The number of hydrogen-bond donors (Lipinski definition) is 1. The molecule has 3 aromatic rings. The highest BCUT2D eigenvalue weighted by Crippen LogP contribution is 2.30. The van der Waals surface area contributed by atoms with Crippen molar-refractivity contribution in [3.05, 3.63) is 34.9 Å². The van der Waals surface area contributed by atoms with Gasteiger partial charge in [0, 0.05) is 6.54 Å². The predicted octanol–water partition coefficient (Wildman–Crippen LogP) is 3.59. The summed E-state index contributed by atoms with van der Waals surface area (Å²) in [5.41, 5.74) is 0.631. The van der Waals surface area contributed by atoms with Crippen LogP contribution < -0.4 is 5.32 Å². The van der Waals surface area contributed by atoms with Crippen LogP contribution in [0.2, 0.25) is 5.15 Å². The molecule has 0 saturated carbocycles. The van der Waals surface area contributed by atoms with Crippen LogP contribution in [0.4, 0.5) is 5.13 Å². The van der Waals surface area contributed by atoms with E-state index < -0.39 is 16.1 Å². The first-order chi connectivity index (χ1) is 12.9. The van der Waals surface area contributed by atoms with Gasteiger partial charge in [0.25, 0.3) is 10.0 Å². The van der Waals surface area contributed by atoms with E-state index in [-0.39, 0.29) is 10.1 Å². The van der Waals surface area contributed by atoms with Gasteiger partial charge in [-0.25, -0.2) is 18.4 Å². The highest BCUT2D eigenvalue weighted by atomic mass is 35.5. The van der Waals surface area contributed by atoms with Crippen LogP contribution in [-0.4, -0.2) is 41.2 Å². The van der Waals surface area contributed by atoms with Gasteiger partial charge in [-0.3, -0.25) is 4.79 Å². The van der Waals surface area contributed by atoms with Crippen LogP contribution in [0.5, 0.6) is 0 Å². The molecule has 0 aliphatic carbocycles. The number of pyridine rings is 1. The normalized spacial score (nSPS) is 18.6. The van der Waals surface area contributed by atoms with Crippen LogP contribution in [0.15, 0.2) is 34.0 Å². The summed E-state index contributed by atoms with van der Waals surface area (Å²) in [6.45, 7) is 0.331. The molecule has 1 aliphatic rings. The number of carbonyl (C=O) groups is 1. The summed E-state index contributed by atoms with van der Waals surface area (Å²) in [5.74, 6) is -0.368. The number of fused-ring (bicyclic) bond motifs is 1. The molecule has 1 atom stereocenters. The van der Waals surface area contributed by atoms with E-state index in [1.165, 1.54) is 21.8 Å². The Labute approximate surface area is 169 Å². The fraction of sp³-hybridized carbons (Fsp3) is 0.312. The van der Waals surface area contributed by atoms with Crippen molar-refractivity contribution in [3.63, 3.8) is 0 Å². The Morgan fingerprint density at radius 2 is 2.22 bits per heavy atom. The number of rotatable bonds is 4. The monoisotopic (exact) mass is 442 g/mol. The minimum absolute atomic E-state index is 0.253. The molecule has 1 saturated heterocycles. The average Bonchev–Trinajstić information content (AvgIpc) is 3.31. The van der Waals surface area contributed by atoms with Gasteiger partial charge >= 0.3 is 0 Å². The Morgan fingerprint density at radius 1 is 1.37 bits per heavy atom. The molecule has 1 fully saturated rings. The second-order valence-electron chi connectivity index (χ2n) is 6.04. The molecule has 11 heteroatoms. The molecule has 27 heavy (non-hydrogen) atoms. The molecule has 0 bridgehead atoms. The zero-order chi connectivity index (χ0) is 19.0. The van der Waals surface area contributed by atoms with Gasteiger partial charge in [0.05, 0.1) is 10.9 Å².